The third-order valence-corrected chi connectivity index (χ3v) is 2.97. The topological polar surface area (TPSA) is 89.9 Å². The normalized spacial score (nSPS) is 17.1. The van der Waals surface area contributed by atoms with Crippen LogP contribution in [0.25, 0.3) is 0 Å². The number of carboxylic acid groups (broad SMARTS) is 1. The minimum absolute atomic E-state index is 0.114. The zero-order valence-electron chi connectivity index (χ0n) is 11.1. The number of carbonyl (C=O) groups excluding carboxylic acids is 1. The van der Waals surface area contributed by atoms with Gasteiger partial charge in [-0.1, -0.05) is 20.8 Å². The molecule has 0 heterocycles. The average Bonchev–Trinajstić information content (AvgIpc) is 3.03. The summed E-state index contributed by atoms with van der Waals surface area (Å²) in [5, 5.41) is 20.6. The summed E-state index contributed by atoms with van der Waals surface area (Å²) < 4.78 is 0. The molecule has 0 spiro atoms. The number of amides is 2. The van der Waals surface area contributed by atoms with E-state index in [-0.39, 0.29) is 19.2 Å². The molecule has 6 heteroatoms. The molecule has 1 aliphatic rings. The molecular formula is C12H22N2O4. The average molecular weight is 258 g/mol. The highest BCUT2D eigenvalue weighted by molar-refractivity contribution is 5.83. The summed E-state index contributed by atoms with van der Waals surface area (Å²) in [6, 6.07) is -1.20. The van der Waals surface area contributed by atoms with Gasteiger partial charge in [-0.2, -0.15) is 0 Å². The van der Waals surface area contributed by atoms with E-state index in [1.165, 1.54) is 4.90 Å². The summed E-state index contributed by atoms with van der Waals surface area (Å²) in [7, 11) is 0. The van der Waals surface area contributed by atoms with Gasteiger partial charge in [-0.3, -0.25) is 0 Å². The van der Waals surface area contributed by atoms with Crippen molar-refractivity contribution in [3.8, 4) is 0 Å². The zero-order chi connectivity index (χ0) is 13.9. The van der Waals surface area contributed by atoms with Crippen LogP contribution in [0.4, 0.5) is 4.79 Å². The molecule has 0 bridgehead atoms. The molecule has 1 aliphatic carbocycles. The monoisotopic (exact) mass is 258 g/mol. The second-order valence-electron chi connectivity index (χ2n) is 5.73. The van der Waals surface area contributed by atoms with Crippen molar-refractivity contribution in [3.05, 3.63) is 0 Å². The van der Waals surface area contributed by atoms with E-state index in [0.717, 1.165) is 12.8 Å². The number of aliphatic hydroxyl groups is 1. The van der Waals surface area contributed by atoms with Crippen molar-refractivity contribution in [1.82, 2.24) is 10.2 Å². The minimum atomic E-state index is -1.05. The smallest absolute Gasteiger partial charge is 0.326 e. The van der Waals surface area contributed by atoms with E-state index in [2.05, 4.69) is 5.32 Å². The van der Waals surface area contributed by atoms with Gasteiger partial charge in [0.2, 0.25) is 0 Å². The molecule has 104 valence electrons. The van der Waals surface area contributed by atoms with E-state index in [0.29, 0.717) is 0 Å². The molecule has 3 N–H and O–H groups in total. The highest BCUT2D eigenvalue weighted by Crippen LogP contribution is 2.27. The maximum atomic E-state index is 12.0. The Balaban J connectivity index is 2.67. The lowest BCUT2D eigenvalue weighted by molar-refractivity contribution is -0.142. The van der Waals surface area contributed by atoms with Crippen molar-refractivity contribution in [2.75, 3.05) is 13.2 Å². The number of nitrogens with zero attached hydrogens (tertiary/aromatic N) is 1. The first-order valence-corrected chi connectivity index (χ1v) is 6.18. The maximum Gasteiger partial charge on any atom is 0.326 e. The second-order valence-corrected chi connectivity index (χ2v) is 5.73. The van der Waals surface area contributed by atoms with Gasteiger partial charge in [-0.15, -0.1) is 0 Å². The predicted octanol–water partition coefficient (Wildman–Crippen LogP) is 0.652. The van der Waals surface area contributed by atoms with Gasteiger partial charge in [0.25, 0.3) is 0 Å². The van der Waals surface area contributed by atoms with E-state index in [1.54, 1.807) is 20.8 Å². The molecule has 6 nitrogen and oxygen atoms in total. The van der Waals surface area contributed by atoms with Crippen LogP contribution in [0.3, 0.4) is 0 Å². The number of hydrogen-bond donors (Lipinski definition) is 3. The van der Waals surface area contributed by atoms with E-state index in [1.807, 2.05) is 0 Å². The van der Waals surface area contributed by atoms with E-state index in [4.69, 9.17) is 10.2 Å². The summed E-state index contributed by atoms with van der Waals surface area (Å²) in [6.07, 6.45) is 1.83. The predicted molar refractivity (Wildman–Crippen MR) is 66.2 cm³/mol. The largest absolute Gasteiger partial charge is 0.480 e. The SMILES string of the molecule is CC(C)(C)[C@H](NC(=O)N(CCO)C1CC1)C(=O)O. The van der Waals surface area contributed by atoms with Gasteiger partial charge >= 0.3 is 12.0 Å². The van der Waals surface area contributed by atoms with Crippen molar-refractivity contribution in [1.29, 1.82) is 0 Å². The lowest BCUT2D eigenvalue weighted by atomic mass is 9.87. The fourth-order valence-electron chi connectivity index (χ4n) is 1.80. The van der Waals surface area contributed by atoms with Gasteiger partial charge in [0.1, 0.15) is 6.04 Å². The highest BCUT2D eigenvalue weighted by Gasteiger charge is 2.37. The van der Waals surface area contributed by atoms with Crippen LogP contribution >= 0.6 is 0 Å². The Morgan fingerprint density at radius 2 is 1.94 bits per heavy atom. The van der Waals surface area contributed by atoms with Crippen LogP contribution in [-0.4, -0.2) is 52.3 Å². The first-order chi connectivity index (χ1) is 8.27. The third kappa shape index (κ3) is 3.87. The van der Waals surface area contributed by atoms with E-state index in [9.17, 15) is 9.59 Å². The van der Waals surface area contributed by atoms with Crippen molar-refractivity contribution < 1.29 is 19.8 Å². The number of aliphatic carboxylic acids is 1. The minimum Gasteiger partial charge on any atom is -0.480 e. The van der Waals surface area contributed by atoms with Crippen LogP contribution in [0, 0.1) is 5.41 Å². The first-order valence-electron chi connectivity index (χ1n) is 6.18. The summed E-state index contributed by atoms with van der Waals surface area (Å²) in [5.41, 5.74) is -0.560. The van der Waals surface area contributed by atoms with Gasteiger partial charge in [-0.25, -0.2) is 9.59 Å². The van der Waals surface area contributed by atoms with Gasteiger partial charge in [0.05, 0.1) is 6.61 Å². The van der Waals surface area contributed by atoms with Crippen molar-refractivity contribution in [2.24, 2.45) is 5.41 Å². The Bertz CT molecular complexity index is 321. The van der Waals surface area contributed by atoms with Crippen LogP contribution in [-0.2, 0) is 4.79 Å². The first kappa shape index (κ1) is 14.8. The molecule has 0 saturated heterocycles. The third-order valence-electron chi connectivity index (χ3n) is 2.97. The Labute approximate surface area is 107 Å². The van der Waals surface area contributed by atoms with E-state index >= 15 is 0 Å². The van der Waals surface area contributed by atoms with Crippen molar-refractivity contribution in [2.45, 2.75) is 45.7 Å². The van der Waals surface area contributed by atoms with Gasteiger partial charge in [0, 0.05) is 12.6 Å². The summed E-state index contributed by atoms with van der Waals surface area (Å²) in [5.74, 6) is -1.05. The lowest BCUT2D eigenvalue weighted by Crippen LogP contribution is -2.54. The number of urea groups is 1. The number of carbonyl (C=O) groups is 2. The second kappa shape index (κ2) is 5.56. The van der Waals surface area contributed by atoms with Gasteiger partial charge in [0.15, 0.2) is 0 Å². The van der Waals surface area contributed by atoms with Crippen LogP contribution in [0.15, 0.2) is 0 Å². The molecule has 2 amide bonds. The molecule has 0 radical (unpaired) electrons. The van der Waals surface area contributed by atoms with Gasteiger partial charge in [-0.05, 0) is 18.3 Å². The van der Waals surface area contributed by atoms with Crippen LogP contribution in [0.5, 0.6) is 0 Å². The molecule has 0 unspecified atom stereocenters. The molecule has 0 aromatic heterocycles. The molecule has 0 aromatic carbocycles. The summed E-state index contributed by atoms with van der Waals surface area (Å²) in [6.45, 7) is 5.42. The van der Waals surface area contributed by atoms with Crippen LogP contribution < -0.4 is 5.32 Å². The molecule has 0 aliphatic heterocycles. The molecule has 1 fully saturated rings. The molecule has 18 heavy (non-hydrogen) atoms. The Kier molecular flexibility index (Phi) is 4.56. The Hall–Kier alpha value is -1.30. The number of aliphatic hydroxyl groups excluding tert-OH is 1. The molecule has 1 rings (SSSR count). The summed E-state index contributed by atoms with van der Waals surface area (Å²) in [4.78, 5) is 24.7. The maximum absolute atomic E-state index is 12.0. The highest BCUT2D eigenvalue weighted by atomic mass is 16.4. The van der Waals surface area contributed by atoms with Crippen LogP contribution in [0.1, 0.15) is 33.6 Å². The molecule has 1 saturated carbocycles. The number of carboxylic acids is 1. The summed E-state index contributed by atoms with van der Waals surface area (Å²) >= 11 is 0. The van der Waals surface area contributed by atoms with Crippen molar-refractivity contribution in [3.63, 3.8) is 0 Å². The fraction of sp³-hybridized carbons (Fsp3) is 0.833. The number of nitrogens with one attached hydrogen (secondary N) is 1. The van der Waals surface area contributed by atoms with Crippen LogP contribution in [0.2, 0.25) is 0 Å². The lowest BCUT2D eigenvalue weighted by Gasteiger charge is -2.31. The molecule has 1 atom stereocenters. The standard InChI is InChI=1S/C12H22N2O4/c1-12(2,3)9(10(16)17)13-11(18)14(6-7-15)8-4-5-8/h8-9,15H,4-7H2,1-3H3,(H,13,18)(H,16,17)/t9-/m1/s1. The molecule has 0 aromatic rings. The quantitative estimate of drug-likeness (QED) is 0.675. The zero-order valence-corrected chi connectivity index (χ0v) is 11.1. The van der Waals surface area contributed by atoms with E-state index < -0.39 is 23.5 Å². The number of rotatable bonds is 5. The number of hydrogen-bond acceptors (Lipinski definition) is 3. The van der Waals surface area contributed by atoms with Crippen molar-refractivity contribution >= 4 is 12.0 Å². The Morgan fingerprint density at radius 1 is 1.39 bits per heavy atom. The Morgan fingerprint density at radius 3 is 2.28 bits per heavy atom. The molecular weight excluding hydrogens is 236 g/mol. The van der Waals surface area contributed by atoms with Gasteiger partial charge < -0.3 is 20.4 Å². The fourth-order valence-corrected chi connectivity index (χ4v) is 1.80.